The maximum atomic E-state index is 12.4. The van der Waals surface area contributed by atoms with E-state index >= 15 is 0 Å². The molecule has 0 radical (unpaired) electrons. The van der Waals surface area contributed by atoms with E-state index in [1.165, 1.54) is 0 Å². The molecule has 8 nitrogen and oxygen atoms in total. The van der Waals surface area contributed by atoms with Gasteiger partial charge < -0.3 is 25.6 Å². The Labute approximate surface area is 192 Å². The van der Waals surface area contributed by atoms with Crippen LogP contribution in [0.2, 0.25) is 0 Å². The molecule has 2 amide bonds. The van der Waals surface area contributed by atoms with Crippen molar-refractivity contribution >= 4 is 17.7 Å². The highest BCUT2D eigenvalue weighted by atomic mass is 16.5. The molecule has 1 atom stereocenters. The van der Waals surface area contributed by atoms with E-state index in [1.807, 2.05) is 29.2 Å². The van der Waals surface area contributed by atoms with E-state index in [2.05, 4.69) is 41.6 Å². The number of likely N-dealkylation sites (tertiary alicyclic amines) is 1. The molecule has 0 spiro atoms. The highest BCUT2D eigenvalue weighted by molar-refractivity contribution is 5.89. The summed E-state index contributed by atoms with van der Waals surface area (Å²) in [6, 6.07) is 8.38. The van der Waals surface area contributed by atoms with Crippen LogP contribution in [0.3, 0.4) is 0 Å². The van der Waals surface area contributed by atoms with E-state index in [4.69, 9.17) is 9.73 Å². The number of carbonyl (C=O) groups excluding carboxylic acids is 1. The second kappa shape index (κ2) is 12.6. The van der Waals surface area contributed by atoms with Crippen molar-refractivity contribution in [3.63, 3.8) is 0 Å². The van der Waals surface area contributed by atoms with Gasteiger partial charge in [-0.05, 0) is 43.4 Å². The SMILES string of the molecule is CCNC(=NCc1cccc(NC(=O)N2CCCC2)c1)NCC(C(C)C)N1CCOCC1. The lowest BCUT2D eigenvalue weighted by Gasteiger charge is -2.37. The van der Waals surface area contributed by atoms with E-state index < -0.39 is 0 Å². The molecule has 1 aromatic carbocycles. The molecule has 0 aliphatic carbocycles. The van der Waals surface area contributed by atoms with Crippen molar-refractivity contribution in [3.8, 4) is 0 Å². The van der Waals surface area contributed by atoms with Gasteiger partial charge in [-0.15, -0.1) is 0 Å². The number of ether oxygens (including phenoxy) is 1. The number of carbonyl (C=O) groups is 1. The van der Waals surface area contributed by atoms with Crippen molar-refractivity contribution in [2.45, 2.75) is 46.2 Å². The third-order valence-corrected chi connectivity index (χ3v) is 6.10. The smallest absolute Gasteiger partial charge is 0.321 e. The van der Waals surface area contributed by atoms with Gasteiger partial charge in [0.25, 0.3) is 0 Å². The highest BCUT2D eigenvalue weighted by Gasteiger charge is 2.24. The molecule has 1 aromatic rings. The molecule has 2 fully saturated rings. The Balaban J connectivity index is 1.57. The van der Waals surface area contributed by atoms with Crippen LogP contribution >= 0.6 is 0 Å². The van der Waals surface area contributed by atoms with Gasteiger partial charge in [0.1, 0.15) is 0 Å². The van der Waals surface area contributed by atoms with Gasteiger partial charge >= 0.3 is 6.03 Å². The Bertz CT molecular complexity index is 742. The van der Waals surface area contributed by atoms with E-state index in [0.717, 1.165) is 82.5 Å². The summed E-state index contributed by atoms with van der Waals surface area (Å²) in [4.78, 5) is 21.5. The summed E-state index contributed by atoms with van der Waals surface area (Å²) < 4.78 is 5.52. The molecular weight excluding hydrogens is 404 g/mol. The van der Waals surface area contributed by atoms with Gasteiger partial charge in [-0.2, -0.15) is 0 Å². The van der Waals surface area contributed by atoms with Crippen LogP contribution in [0.1, 0.15) is 39.2 Å². The average molecular weight is 445 g/mol. The zero-order valence-corrected chi connectivity index (χ0v) is 19.9. The molecular formula is C24H40N6O2. The fourth-order valence-electron chi connectivity index (χ4n) is 4.28. The minimum Gasteiger partial charge on any atom is -0.379 e. The second-order valence-electron chi connectivity index (χ2n) is 8.86. The maximum absolute atomic E-state index is 12.4. The predicted molar refractivity (Wildman–Crippen MR) is 130 cm³/mol. The van der Waals surface area contributed by atoms with Crippen molar-refractivity contribution in [1.82, 2.24) is 20.4 Å². The van der Waals surface area contributed by atoms with Crippen LogP contribution in [0.5, 0.6) is 0 Å². The Morgan fingerprint density at radius 2 is 1.88 bits per heavy atom. The summed E-state index contributed by atoms with van der Waals surface area (Å²) >= 11 is 0. The minimum absolute atomic E-state index is 0.0130. The van der Waals surface area contributed by atoms with Crippen LogP contribution in [0, 0.1) is 5.92 Å². The van der Waals surface area contributed by atoms with Crippen LogP contribution in [-0.2, 0) is 11.3 Å². The number of nitrogens with zero attached hydrogens (tertiary/aromatic N) is 3. The molecule has 2 heterocycles. The quantitative estimate of drug-likeness (QED) is 0.424. The monoisotopic (exact) mass is 444 g/mol. The van der Waals surface area contributed by atoms with E-state index in [-0.39, 0.29) is 6.03 Å². The standard InChI is InChI=1S/C24H40N6O2/c1-4-25-23(27-18-22(19(2)3)29-12-14-32-15-13-29)26-17-20-8-7-9-21(16-20)28-24(31)30-10-5-6-11-30/h7-9,16,19,22H,4-6,10-15,17-18H2,1-3H3,(H,28,31)(H2,25,26,27). The lowest BCUT2D eigenvalue weighted by atomic mass is 10.0. The Morgan fingerprint density at radius 3 is 2.56 bits per heavy atom. The zero-order valence-electron chi connectivity index (χ0n) is 19.9. The molecule has 8 heteroatoms. The third kappa shape index (κ3) is 7.38. The first-order chi connectivity index (χ1) is 15.6. The predicted octanol–water partition coefficient (Wildman–Crippen LogP) is 2.73. The summed E-state index contributed by atoms with van der Waals surface area (Å²) in [6.07, 6.45) is 2.18. The number of anilines is 1. The Hall–Kier alpha value is -2.32. The number of hydrogen-bond acceptors (Lipinski definition) is 4. The molecule has 178 valence electrons. The average Bonchev–Trinajstić information content (AvgIpc) is 3.33. The van der Waals surface area contributed by atoms with Gasteiger partial charge in [0, 0.05) is 51.0 Å². The molecule has 0 saturated carbocycles. The molecule has 2 saturated heterocycles. The number of nitrogens with one attached hydrogen (secondary N) is 3. The topological polar surface area (TPSA) is 81.2 Å². The maximum Gasteiger partial charge on any atom is 0.321 e. The number of hydrogen-bond donors (Lipinski definition) is 3. The van der Waals surface area contributed by atoms with Crippen LogP contribution in [0.4, 0.5) is 10.5 Å². The number of urea groups is 1. The second-order valence-corrected chi connectivity index (χ2v) is 8.86. The van der Waals surface area contributed by atoms with E-state index in [1.54, 1.807) is 0 Å². The number of morpholine rings is 1. The molecule has 3 N–H and O–H groups in total. The number of amides is 2. The molecule has 2 aliphatic rings. The largest absolute Gasteiger partial charge is 0.379 e. The first-order valence-electron chi connectivity index (χ1n) is 12.1. The van der Waals surface area contributed by atoms with Gasteiger partial charge in [-0.25, -0.2) is 9.79 Å². The zero-order chi connectivity index (χ0) is 22.8. The van der Waals surface area contributed by atoms with Gasteiger partial charge in [0.05, 0.1) is 19.8 Å². The van der Waals surface area contributed by atoms with Crippen molar-refractivity contribution in [2.24, 2.45) is 10.9 Å². The molecule has 32 heavy (non-hydrogen) atoms. The summed E-state index contributed by atoms with van der Waals surface area (Å²) in [7, 11) is 0. The van der Waals surface area contributed by atoms with Gasteiger partial charge in [0.2, 0.25) is 0 Å². The van der Waals surface area contributed by atoms with Gasteiger partial charge in [-0.3, -0.25) is 4.90 Å². The minimum atomic E-state index is -0.0130. The van der Waals surface area contributed by atoms with Crippen LogP contribution in [0.15, 0.2) is 29.3 Å². The molecule has 0 aromatic heterocycles. The fourth-order valence-corrected chi connectivity index (χ4v) is 4.28. The fraction of sp³-hybridized carbons (Fsp3) is 0.667. The number of aliphatic imine (C=N–C) groups is 1. The summed E-state index contributed by atoms with van der Waals surface area (Å²) in [6.45, 7) is 14.1. The van der Waals surface area contributed by atoms with Crippen LogP contribution in [-0.4, -0.2) is 80.3 Å². The summed E-state index contributed by atoms with van der Waals surface area (Å²) in [5, 5.41) is 9.90. The van der Waals surface area contributed by atoms with Crippen molar-refractivity contribution in [3.05, 3.63) is 29.8 Å². The van der Waals surface area contributed by atoms with Crippen molar-refractivity contribution < 1.29 is 9.53 Å². The highest BCUT2D eigenvalue weighted by Crippen LogP contribution is 2.15. The van der Waals surface area contributed by atoms with Gasteiger partial charge in [-0.1, -0.05) is 26.0 Å². The molecule has 1 unspecified atom stereocenters. The number of guanidine groups is 1. The first-order valence-corrected chi connectivity index (χ1v) is 12.1. The number of rotatable bonds is 8. The lowest BCUT2D eigenvalue weighted by molar-refractivity contribution is 0.00752. The van der Waals surface area contributed by atoms with Crippen molar-refractivity contribution in [2.75, 3.05) is 57.8 Å². The van der Waals surface area contributed by atoms with E-state index in [0.29, 0.717) is 18.5 Å². The normalized spacial score (nSPS) is 18.6. The molecule has 0 bridgehead atoms. The van der Waals surface area contributed by atoms with Crippen LogP contribution in [0.25, 0.3) is 0 Å². The Morgan fingerprint density at radius 1 is 1.12 bits per heavy atom. The van der Waals surface area contributed by atoms with Gasteiger partial charge in [0.15, 0.2) is 5.96 Å². The first kappa shape index (κ1) is 24.3. The molecule has 2 aliphatic heterocycles. The third-order valence-electron chi connectivity index (χ3n) is 6.10. The molecule has 3 rings (SSSR count). The van der Waals surface area contributed by atoms with Crippen LogP contribution < -0.4 is 16.0 Å². The lowest BCUT2D eigenvalue weighted by Crippen LogP contribution is -2.52. The Kier molecular flexibility index (Phi) is 9.62. The van der Waals surface area contributed by atoms with E-state index in [9.17, 15) is 4.79 Å². The number of benzene rings is 1. The summed E-state index contributed by atoms with van der Waals surface area (Å²) in [5.74, 6) is 1.36. The van der Waals surface area contributed by atoms with Crippen molar-refractivity contribution in [1.29, 1.82) is 0 Å². The summed E-state index contributed by atoms with van der Waals surface area (Å²) in [5.41, 5.74) is 1.88.